The number of aliphatic carboxylic acids is 1. The van der Waals surface area contributed by atoms with Crippen molar-refractivity contribution in [3.05, 3.63) is 34.9 Å². The van der Waals surface area contributed by atoms with Crippen LogP contribution in [0.25, 0.3) is 0 Å². The van der Waals surface area contributed by atoms with Gasteiger partial charge in [0.15, 0.2) is 0 Å². The van der Waals surface area contributed by atoms with Gasteiger partial charge in [-0.2, -0.15) is 0 Å². The van der Waals surface area contributed by atoms with Crippen LogP contribution in [0.3, 0.4) is 0 Å². The van der Waals surface area contributed by atoms with E-state index >= 15 is 0 Å². The molecule has 1 aliphatic carbocycles. The smallest absolute Gasteiger partial charge is 0.309 e. The molecule has 0 radical (unpaired) electrons. The quantitative estimate of drug-likeness (QED) is 0.833. The maximum absolute atomic E-state index is 11.1. The van der Waals surface area contributed by atoms with Gasteiger partial charge in [0.2, 0.25) is 0 Å². The number of carboxylic acid groups (broad SMARTS) is 1. The van der Waals surface area contributed by atoms with E-state index in [2.05, 4.69) is 17.4 Å². The summed E-state index contributed by atoms with van der Waals surface area (Å²) >= 11 is 5.92. The lowest BCUT2D eigenvalue weighted by Gasteiger charge is -2.21. The van der Waals surface area contributed by atoms with Crippen LogP contribution < -0.4 is 5.32 Å². The number of halogens is 1. The van der Waals surface area contributed by atoms with Crippen LogP contribution in [-0.2, 0) is 4.79 Å². The van der Waals surface area contributed by atoms with Gasteiger partial charge in [-0.05, 0) is 69.7 Å². The van der Waals surface area contributed by atoms with Crippen molar-refractivity contribution in [1.29, 1.82) is 0 Å². The average Bonchev–Trinajstić information content (AvgIpc) is 2.88. The van der Waals surface area contributed by atoms with E-state index in [0.717, 1.165) is 24.4 Å². The van der Waals surface area contributed by atoms with Crippen molar-refractivity contribution in [2.75, 3.05) is 6.54 Å². The van der Waals surface area contributed by atoms with Gasteiger partial charge in [-0.15, -0.1) is 0 Å². The Morgan fingerprint density at radius 2 is 2.00 bits per heavy atom. The maximum Gasteiger partial charge on any atom is 0.309 e. The molecule has 1 aliphatic rings. The molecule has 21 heavy (non-hydrogen) atoms. The van der Waals surface area contributed by atoms with E-state index < -0.39 is 11.4 Å². The minimum atomic E-state index is -0.727. The SMILES string of the molecule is CC(C)(CCNC1CCC(c2ccc(Cl)cc2)C1)C(=O)O. The van der Waals surface area contributed by atoms with Crippen molar-refractivity contribution in [2.45, 2.75) is 51.5 Å². The summed E-state index contributed by atoms with van der Waals surface area (Å²) in [6.07, 6.45) is 4.11. The van der Waals surface area contributed by atoms with Gasteiger partial charge in [0.1, 0.15) is 0 Å². The zero-order valence-corrected chi connectivity index (χ0v) is 13.5. The third-order valence-corrected chi connectivity index (χ3v) is 4.79. The molecule has 2 atom stereocenters. The van der Waals surface area contributed by atoms with Crippen molar-refractivity contribution < 1.29 is 9.90 Å². The van der Waals surface area contributed by atoms with Crippen molar-refractivity contribution in [1.82, 2.24) is 5.32 Å². The summed E-state index contributed by atoms with van der Waals surface area (Å²) in [6.45, 7) is 4.32. The van der Waals surface area contributed by atoms with E-state index in [4.69, 9.17) is 16.7 Å². The topological polar surface area (TPSA) is 49.3 Å². The van der Waals surface area contributed by atoms with Gasteiger partial charge in [0, 0.05) is 11.1 Å². The monoisotopic (exact) mass is 309 g/mol. The van der Waals surface area contributed by atoms with Crippen LogP contribution in [0.2, 0.25) is 5.02 Å². The lowest BCUT2D eigenvalue weighted by molar-refractivity contribution is -0.147. The minimum Gasteiger partial charge on any atom is -0.481 e. The molecule has 0 amide bonds. The molecule has 0 heterocycles. The predicted octanol–water partition coefficient (Wildman–Crippen LogP) is 4.07. The van der Waals surface area contributed by atoms with Crippen molar-refractivity contribution in [2.24, 2.45) is 5.41 Å². The first kappa shape index (κ1) is 16.3. The van der Waals surface area contributed by atoms with Crippen molar-refractivity contribution in [3.63, 3.8) is 0 Å². The molecule has 3 nitrogen and oxygen atoms in total. The molecule has 0 bridgehead atoms. The predicted molar refractivity (Wildman–Crippen MR) is 85.9 cm³/mol. The fourth-order valence-corrected chi connectivity index (χ4v) is 3.03. The second kappa shape index (κ2) is 6.80. The number of benzene rings is 1. The summed E-state index contributed by atoms with van der Waals surface area (Å²) in [6, 6.07) is 8.63. The summed E-state index contributed by atoms with van der Waals surface area (Å²) in [5.74, 6) is -0.137. The molecule has 2 N–H and O–H groups in total. The largest absolute Gasteiger partial charge is 0.481 e. The zero-order chi connectivity index (χ0) is 15.5. The second-order valence-electron chi connectivity index (χ2n) is 6.65. The van der Waals surface area contributed by atoms with Crippen LogP contribution in [0.1, 0.15) is 51.0 Å². The van der Waals surface area contributed by atoms with Gasteiger partial charge in [0.25, 0.3) is 0 Å². The Morgan fingerprint density at radius 3 is 2.62 bits per heavy atom. The van der Waals surface area contributed by atoms with E-state index in [-0.39, 0.29) is 0 Å². The molecule has 0 aromatic heterocycles. The normalized spacial score (nSPS) is 22.4. The van der Waals surface area contributed by atoms with E-state index in [1.807, 2.05) is 12.1 Å². The molecule has 0 spiro atoms. The van der Waals surface area contributed by atoms with Crippen LogP contribution in [0, 0.1) is 5.41 Å². The standard InChI is InChI=1S/C17H24ClNO2/c1-17(2,16(20)21)9-10-19-15-8-5-13(11-15)12-3-6-14(18)7-4-12/h3-4,6-7,13,15,19H,5,8-11H2,1-2H3,(H,20,21). The van der Waals surface area contributed by atoms with Gasteiger partial charge in [-0.3, -0.25) is 4.79 Å². The molecule has 2 rings (SSSR count). The molecular formula is C17H24ClNO2. The Bertz CT molecular complexity index is 484. The maximum atomic E-state index is 11.1. The molecule has 1 saturated carbocycles. The molecular weight excluding hydrogens is 286 g/mol. The minimum absolute atomic E-state index is 0.496. The first-order valence-electron chi connectivity index (χ1n) is 7.61. The molecule has 0 aliphatic heterocycles. The Labute approximate surface area is 131 Å². The Hall–Kier alpha value is -1.06. The summed E-state index contributed by atoms with van der Waals surface area (Å²) in [4.78, 5) is 11.1. The molecule has 2 unspecified atom stereocenters. The Morgan fingerprint density at radius 1 is 1.33 bits per heavy atom. The number of hydrogen-bond acceptors (Lipinski definition) is 2. The highest BCUT2D eigenvalue weighted by molar-refractivity contribution is 6.30. The van der Waals surface area contributed by atoms with Gasteiger partial charge in [-0.1, -0.05) is 23.7 Å². The highest BCUT2D eigenvalue weighted by Crippen LogP contribution is 2.35. The van der Waals surface area contributed by atoms with Gasteiger partial charge < -0.3 is 10.4 Å². The number of hydrogen-bond donors (Lipinski definition) is 2. The lowest BCUT2D eigenvalue weighted by atomic mass is 9.89. The van der Waals surface area contributed by atoms with Crippen molar-refractivity contribution >= 4 is 17.6 Å². The molecule has 116 valence electrons. The van der Waals surface area contributed by atoms with Gasteiger partial charge >= 0.3 is 5.97 Å². The average molecular weight is 310 g/mol. The summed E-state index contributed by atoms with van der Waals surface area (Å²) in [5.41, 5.74) is 0.704. The van der Waals surface area contributed by atoms with Crippen LogP contribution >= 0.6 is 11.6 Å². The molecule has 0 saturated heterocycles. The Balaban J connectivity index is 1.78. The fourth-order valence-electron chi connectivity index (χ4n) is 2.90. The summed E-state index contributed by atoms with van der Waals surface area (Å²) < 4.78 is 0. The molecule has 4 heteroatoms. The van der Waals surface area contributed by atoms with Crippen LogP contribution in [0.15, 0.2) is 24.3 Å². The number of carbonyl (C=O) groups is 1. The fraction of sp³-hybridized carbons (Fsp3) is 0.588. The third-order valence-electron chi connectivity index (χ3n) is 4.54. The zero-order valence-electron chi connectivity index (χ0n) is 12.7. The second-order valence-corrected chi connectivity index (χ2v) is 7.09. The van der Waals surface area contributed by atoms with Crippen LogP contribution in [0.5, 0.6) is 0 Å². The highest BCUT2D eigenvalue weighted by atomic mass is 35.5. The van der Waals surface area contributed by atoms with Gasteiger partial charge in [-0.25, -0.2) is 0 Å². The number of carboxylic acids is 1. The Kier molecular flexibility index (Phi) is 5.28. The van der Waals surface area contributed by atoms with Crippen LogP contribution in [0.4, 0.5) is 0 Å². The highest BCUT2D eigenvalue weighted by Gasteiger charge is 2.29. The summed E-state index contributed by atoms with van der Waals surface area (Å²) in [5, 5.41) is 13.4. The number of rotatable bonds is 6. The van der Waals surface area contributed by atoms with E-state index in [9.17, 15) is 4.79 Å². The molecule has 1 aromatic carbocycles. The first-order chi connectivity index (χ1) is 9.88. The lowest BCUT2D eigenvalue weighted by Crippen LogP contribution is -2.33. The van der Waals surface area contributed by atoms with Crippen LogP contribution in [-0.4, -0.2) is 23.7 Å². The molecule has 1 fully saturated rings. The molecule has 1 aromatic rings. The number of nitrogens with one attached hydrogen (secondary N) is 1. The summed E-state index contributed by atoms with van der Waals surface area (Å²) in [7, 11) is 0. The van der Waals surface area contributed by atoms with E-state index in [1.54, 1.807) is 13.8 Å². The van der Waals surface area contributed by atoms with E-state index in [1.165, 1.54) is 12.0 Å². The third kappa shape index (κ3) is 4.45. The van der Waals surface area contributed by atoms with Crippen molar-refractivity contribution in [3.8, 4) is 0 Å². The van der Waals surface area contributed by atoms with Gasteiger partial charge in [0.05, 0.1) is 5.41 Å². The first-order valence-corrected chi connectivity index (χ1v) is 7.98. The van der Waals surface area contributed by atoms with E-state index in [0.29, 0.717) is 18.4 Å².